The van der Waals surface area contributed by atoms with Gasteiger partial charge in [0.15, 0.2) is 0 Å². The van der Waals surface area contributed by atoms with Gasteiger partial charge in [0.05, 0.1) is 5.92 Å². The second kappa shape index (κ2) is 5.98. The Balaban J connectivity index is 2.77. The van der Waals surface area contributed by atoms with E-state index >= 15 is 0 Å². The number of esters is 2. The largest absolute Gasteiger partial charge is 0.465 e. The number of aldehydes is 1. The molecule has 1 rings (SSSR count). The minimum Gasteiger partial charge on any atom is -0.465 e. The van der Waals surface area contributed by atoms with E-state index in [1.807, 2.05) is 0 Å². The summed E-state index contributed by atoms with van der Waals surface area (Å²) in [6.45, 7) is 2.58. The summed E-state index contributed by atoms with van der Waals surface area (Å²) in [6, 6.07) is 0. The summed E-state index contributed by atoms with van der Waals surface area (Å²) in [6.07, 6.45) is 5.01. The number of hydrogen-bond acceptors (Lipinski definition) is 5. The SMILES string of the molecule is CC(=O)OC[C@@H]1C(C=O)=CC=C[C@@H]1OC(C)=O. The Bertz CT molecular complexity index is 380. The smallest absolute Gasteiger partial charge is 0.303 e. The average Bonchev–Trinajstić information content (AvgIpc) is 2.26. The number of carbonyl (C=O) groups is 3. The Labute approximate surface area is 99.1 Å². The van der Waals surface area contributed by atoms with Crippen molar-refractivity contribution < 1.29 is 23.9 Å². The van der Waals surface area contributed by atoms with Crippen LogP contribution in [0.4, 0.5) is 0 Å². The lowest BCUT2D eigenvalue weighted by Crippen LogP contribution is -2.32. The van der Waals surface area contributed by atoms with Crippen LogP contribution < -0.4 is 0 Å². The summed E-state index contributed by atoms with van der Waals surface area (Å²) in [7, 11) is 0. The Morgan fingerprint density at radius 1 is 1.35 bits per heavy atom. The van der Waals surface area contributed by atoms with Gasteiger partial charge in [0.2, 0.25) is 0 Å². The van der Waals surface area contributed by atoms with Crippen molar-refractivity contribution >= 4 is 18.2 Å². The van der Waals surface area contributed by atoms with Gasteiger partial charge in [0.25, 0.3) is 0 Å². The molecule has 0 aromatic rings. The summed E-state index contributed by atoms with van der Waals surface area (Å²) in [5.41, 5.74) is 0.444. The minimum atomic E-state index is -0.572. The molecule has 0 amide bonds. The van der Waals surface area contributed by atoms with E-state index in [-0.39, 0.29) is 6.61 Å². The number of ether oxygens (including phenoxy) is 2. The van der Waals surface area contributed by atoms with Crippen molar-refractivity contribution in [2.45, 2.75) is 20.0 Å². The van der Waals surface area contributed by atoms with Crippen molar-refractivity contribution in [3.8, 4) is 0 Å². The van der Waals surface area contributed by atoms with Gasteiger partial charge in [-0.15, -0.1) is 0 Å². The van der Waals surface area contributed by atoms with E-state index in [4.69, 9.17) is 9.47 Å². The lowest BCUT2D eigenvalue weighted by atomic mass is 9.90. The van der Waals surface area contributed by atoms with Gasteiger partial charge in [-0.1, -0.05) is 12.2 Å². The molecule has 0 N–H and O–H groups in total. The van der Waals surface area contributed by atoms with E-state index in [0.29, 0.717) is 11.9 Å². The van der Waals surface area contributed by atoms with Crippen molar-refractivity contribution in [2.24, 2.45) is 5.92 Å². The molecule has 0 saturated heterocycles. The summed E-state index contributed by atoms with van der Waals surface area (Å²) in [4.78, 5) is 32.5. The van der Waals surface area contributed by atoms with Crippen LogP contribution in [-0.4, -0.2) is 30.9 Å². The van der Waals surface area contributed by atoms with Crippen molar-refractivity contribution in [1.82, 2.24) is 0 Å². The molecule has 1 aliphatic rings. The van der Waals surface area contributed by atoms with Crippen LogP contribution in [0.3, 0.4) is 0 Å². The summed E-state index contributed by atoms with van der Waals surface area (Å²) in [5.74, 6) is -1.32. The molecule has 5 heteroatoms. The third-order valence-electron chi connectivity index (χ3n) is 2.32. The normalized spacial score (nSPS) is 22.6. The molecular formula is C12H14O5. The van der Waals surface area contributed by atoms with Crippen molar-refractivity contribution in [1.29, 1.82) is 0 Å². The molecule has 17 heavy (non-hydrogen) atoms. The molecule has 5 nitrogen and oxygen atoms in total. The monoisotopic (exact) mass is 238 g/mol. The fraction of sp³-hybridized carbons (Fsp3) is 0.417. The zero-order valence-corrected chi connectivity index (χ0v) is 9.71. The van der Waals surface area contributed by atoms with Gasteiger partial charge in [-0.05, 0) is 6.08 Å². The molecule has 2 atom stereocenters. The Kier molecular flexibility index (Phi) is 4.63. The Hall–Kier alpha value is -1.91. The van der Waals surface area contributed by atoms with Gasteiger partial charge < -0.3 is 9.47 Å². The molecule has 0 heterocycles. The summed E-state index contributed by atoms with van der Waals surface area (Å²) < 4.78 is 9.91. The van der Waals surface area contributed by atoms with Gasteiger partial charge in [-0.3, -0.25) is 14.4 Å². The van der Waals surface area contributed by atoms with Crippen LogP contribution >= 0.6 is 0 Å². The number of carbonyl (C=O) groups excluding carboxylic acids is 3. The first kappa shape index (κ1) is 13.2. The number of hydrogen-bond donors (Lipinski definition) is 0. The maximum Gasteiger partial charge on any atom is 0.303 e. The zero-order valence-electron chi connectivity index (χ0n) is 9.71. The Morgan fingerprint density at radius 3 is 2.59 bits per heavy atom. The number of rotatable bonds is 4. The Morgan fingerprint density at radius 2 is 2.06 bits per heavy atom. The molecular weight excluding hydrogens is 224 g/mol. The maximum atomic E-state index is 10.9. The van der Waals surface area contributed by atoms with Gasteiger partial charge in [0, 0.05) is 19.4 Å². The molecule has 92 valence electrons. The predicted octanol–water partition coefficient (Wildman–Crippen LogP) is 0.792. The minimum absolute atomic E-state index is 0.0161. The molecule has 0 spiro atoms. The highest BCUT2D eigenvalue weighted by atomic mass is 16.6. The topological polar surface area (TPSA) is 69.7 Å². The quantitative estimate of drug-likeness (QED) is 0.535. The molecule has 0 unspecified atom stereocenters. The summed E-state index contributed by atoms with van der Waals surface area (Å²) >= 11 is 0. The molecule has 1 aliphatic carbocycles. The van der Waals surface area contributed by atoms with Crippen LogP contribution in [0.2, 0.25) is 0 Å². The van der Waals surface area contributed by atoms with Crippen LogP contribution in [-0.2, 0) is 23.9 Å². The molecule has 0 bridgehead atoms. The highest BCUT2D eigenvalue weighted by Crippen LogP contribution is 2.23. The zero-order chi connectivity index (χ0) is 12.8. The van der Waals surface area contributed by atoms with Gasteiger partial charge >= 0.3 is 11.9 Å². The summed E-state index contributed by atoms with van der Waals surface area (Å²) in [5, 5.41) is 0. The number of allylic oxidation sites excluding steroid dienone is 2. The first-order chi connectivity index (χ1) is 8.04. The van der Waals surface area contributed by atoms with Crippen LogP contribution in [0.5, 0.6) is 0 Å². The molecule has 0 aliphatic heterocycles. The van der Waals surface area contributed by atoms with Crippen LogP contribution in [0.25, 0.3) is 0 Å². The highest BCUT2D eigenvalue weighted by Gasteiger charge is 2.28. The van der Waals surface area contributed by atoms with Gasteiger partial charge in [0.1, 0.15) is 19.0 Å². The third-order valence-corrected chi connectivity index (χ3v) is 2.32. The van der Waals surface area contributed by atoms with Crippen LogP contribution in [0.15, 0.2) is 23.8 Å². The van der Waals surface area contributed by atoms with Crippen molar-refractivity contribution in [2.75, 3.05) is 6.61 Å². The lowest BCUT2D eigenvalue weighted by molar-refractivity contribution is -0.149. The molecule has 0 fully saturated rings. The average molecular weight is 238 g/mol. The fourth-order valence-corrected chi connectivity index (χ4v) is 1.56. The van der Waals surface area contributed by atoms with Crippen molar-refractivity contribution in [3.63, 3.8) is 0 Å². The first-order valence-corrected chi connectivity index (χ1v) is 5.18. The fourth-order valence-electron chi connectivity index (χ4n) is 1.56. The van der Waals surface area contributed by atoms with E-state index in [0.717, 1.165) is 0 Å². The standard InChI is InChI=1S/C12H14O5/c1-8(14)16-7-11-10(6-13)4-3-5-12(11)17-9(2)15/h3-6,11-12H,7H2,1-2H3/t11-,12+/m1/s1. The molecule has 0 aromatic heterocycles. The molecule has 0 radical (unpaired) electrons. The van der Waals surface area contributed by atoms with Crippen LogP contribution in [0.1, 0.15) is 13.8 Å². The van der Waals surface area contributed by atoms with Crippen LogP contribution in [0, 0.1) is 5.92 Å². The third kappa shape index (κ3) is 3.86. The van der Waals surface area contributed by atoms with E-state index < -0.39 is 24.0 Å². The van der Waals surface area contributed by atoms with E-state index in [1.54, 1.807) is 18.2 Å². The van der Waals surface area contributed by atoms with E-state index in [2.05, 4.69) is 0 Å². The second-order valence-corrected chi connectivity index (χ2v) is 3.65. The second-order valence-electron chi connectivity index (χ2n) is 3.65. The van der Waals surface area contributed by atoms with Crippen molar-refractivity contribution in [3.05, 3.63) is 23.8 Å². The van der Waals surface area contributed by atoms with E-state index in [1.165, 1.54) is 13.8 Å². The van der Waals surface area contributed by atoms with Gasteiger partial charge in [-0.2, -0.15) is 0 Å². The molecule has 0 saturated carbocycles. The van der Waals surface area contributed by atoms with E-state index in [9.17, 15) is 14.4 Å². The van der Waals surface area contributed by atoms with Gasteiger partial charge in [-0.25, -0.2) is 0 Å². The lowest BCUT2D eigenvalue weighted by Gasteiger charge is -2.26. The first-order valence-electron chi connectivity index (χ1n) is 5.18. The predicted molar refractivity (Wildman–Crippen MR) is 59.0 cm³/mol. The molecule has 0 aromatic carbocycles. The maximum absolute atomic E-state index is 10.9. The highest BCUT2D eigenvalue weighted by molar-refractivity contribution is 5.76.